The Morgan fingerprint density at radius 2 is 1.98 bits per heavy atom. The van der Waals surface area contributed by atoms with Crippen molar-refractivity contribution < 1.29 is 27.8 Å². The maximum absolute atomic E-state index is 13.9. The first-order valence-corrected chi connectivity index (χ1v) is 15.6. The number of aliphatic carboxylic acids is 1. The number of hydrogen-bond acceptors (Lipinski definition) is 8. The molecule has 0 fully saturated rings. The number of carboxylic acid groups (broad SMARTS) is 1. The van der Waals surface area contributed by atoms with Crippen molar-refractivity contribution in [3.05, 3.63) is 76.3 Å². The largest absolute Gasteiger partial charge is 0.494 e. The van der Waals surface area contributed by atoms with E-state index in [1.807, 2.05) is 50.2 Å². The Labute approximate surface area is 251 Å². The van der Waals surface area contributed by atoms with Gasteiger partial charge in [0.2, 0.25) is 10.0 Å². The van der Waals surface area contributed by atoms with Gasteiger partial charge < -0.3 is 20.3 Å². The van der Waals surface area contributed by atoms with Crippen molar-refractivity contribution >= 4 is 27.0 Å². The van der Waals surface area contributed by atoms with E-state index in [0.29, 0.717) is 34.6 Å². The first kappa shape index (κ1) is 30.5. The Morgan fingerprint density at radius 3 is 2.70 bits per heavy atom. The van der Waals surface area contributed by atoms with Crippen molar-refractivity contribution in [2.24, 2.45) is 12.8 Å². The van der Waals surface area contributed by atoms with Crippen LogP contribution in [0, 0.1) is 6.92 Å². The second-order valence-corrected chi connectivity index (χ2v) is 12.9. The zero-order chi connectivity index (χ0) is 30.9. The molecule has 0 unspecified atom stereocenters. The number of aromatic nitrogens is 3. The predicted molar refractivity (Wildman–Crippen MR) is 162 cm³/mol. The summed E-state index contributed by atoms with van der Waals surface area (Å²) in [7, 11) is -0.571. The lowest BCUT2D eigenvalue weighted by Crippen LogP contribution is -2.35. The van der Waals surface area contributed by atoms with Gasteiger partial charge in [-0.3, -0.25) is 4.79 Å². The van der Waals surface area contributed by atoms with E-state index in [4.69, 9.17) is 15.2 Å². The minimum atomic E-state index is -3.88. The van der Waals surface area contributed by atoms with Gasteiger partial charge >= 0.3 is 5.97 Å². The lowest BCUT2D eigenvalue weighted by atomic mass is 9.86. The van der Waals surface area contributed by atoms with Crippen LogP contribution >= 0.6 is 0 Å². The third-order valence-electron chi connectivity index (χ3n) is 7.90. The lowest BCUT2D eigenvalue weighted by molar-refractivity contribution is -0.137. The molecule has 5 rings (SSSR count). The van der Waals surface area contributed by atoms with Gasteiger partial charge in [-0.05, 0) is 85.3 Å². The van der Waals surface area contributed by atoms with Gasteiger partial charge in [-0.25, -0.2) is 13.1 Å². The van der Waals surface area contributed by atoms with Crippen LogP contribution < -0.4 is 15.2 Å². The van der Waals surface area contributed by atoms with Crippen molar-refractivity contribution in [1.82, 2.24) is 19.3 Å². The maximum Gasteiger partial charge on any atom is 0.304 e. The highest BCUT2D eigenvalue weighted by molar-refractivity contribution is 7.89. The molecule has 0 bridgehead atoms. The molecule has 43 heavy (non-hydrogen) atoms. The van der Waals surface area contributed by atoms with Crippen LogP contribution in [-0.2, 0) is 34.8 Å². The standard InChI is InChI=1S/C31H37N5O6S/c1-19-7-9-22(25(16-30(37)38)23-14-26-31(28(15-23)41-4)35(3)34-33-26)13-24(19)18-36-17-20(2)42-27-12-21(6-5-11-32)8-10-29(27)43(36,39)40/h7-10,12-15,20,25H,5-6,11,16-18,32H2,1-4H3,(H,37,38)/t20-,25+/m1/s1. The summed E-state index contributed by atoms with van der Waals surface area (Å²) in [5.74, 6) is -0.608. The van der Waals surface area contributed by atoms with Gasteiger partial charge in [-0.2, -0.15) is 4.31 Å². The molecule has 3 aromatic carbocycles. The molecule has 0 amide bonds. The molecular weight excluding hydrogens is 570 g/mol. The Hall–Kier alpha value is -4.00. The van der Waals surface area contributed by atoms with E-state index in [-0.39, 0.29) is 30.5 Å². The molecular formula is C31H37N5O6S. The van der Waals surface area contributed by atoms with Crippen LogP contribution in [0.15, 0.2) is 53.4 Å². The topological polar surface area (TPSA) is 150 Å². The number of hydrogen-bond donors (Lipinski definition) is 2. The third-order valence-corrected chi connectivity index (χ3v) is 9.75. The van der Waals surface area contributed by atoms with E-state index in [2.05, 4.69) is 10.3 Å². The monoisotopic (exact) mass is 607 g/mol. The number of sulfonamides is 1. The number of carboxylic acids is 1. The quantitative estimate of drug-likeness (QED) is 0.275. The molecule has 0 radical (unpaired) electrons. The van der Waals surface area contributed by atoms with Crippen molar-refractivity contribution in [2.45, 2.75) is 56.6 Å². The number of methoxy groups -OCH3 is 1. The number of aryl methyl sites for hydroxylation is 3. The van der Waals surface area contributed by atoms with Gasteiger partial charge in [-0.15, -0.1) is 5.10 Å². The molecule has 11 nitrogen and oxygen atoms in total. The van der Waals surface area contributed by atoms with Gasteiger partial charge in [0.1, 0.15) is 33.5 Å². The summed E-state index contributed by atoms with van der Waals surface area (Å²) in [5, 5.41) is 18.2. The van der Waals surface area contributed by atoms with Crippen molar-refractivity contribution in [3.8, 4) is 11.5 Å². The van der Waals surface area contributed by atoms with Crippen molar-refractivity contribution in [3.63, 3.8) is 0 Å². The minimum absolute atomic E-state index is 0.108. The predicted octanol–water partition coefficient (Wildman–Crippen LogP) is 3.76. The number of fused-ring (bicyclic) bond motifs is 2. The summed E-state index contributed by atoms with van der Waals surface area (Å²) in [6, 6.07) is 14.6. The number of ether oxygens (including phenoxy) is 2. The van der Waals surface area contributed by atoms with Gasteiger partial charge in [0.15, 0.2) is 0 Å². The normalized spacial score (nSPS) is 17.2. The number of nitrogens with two attached hydrogens (primary N) is 1. The third kappa shape index (κ3) is 6.22. The summed E-state index contributed by atoms with van der Waals surface area (Å²) in [4.78, 5) is 12.2. The molecule has 0 aliphatic carbocycles. The summed E-state index contributed by atoms with van der Waals surface area (Å²) in [5.41, 5.74) is 11.1. The highest BCUT2D eigenvalue weighted by Gasteiger charge is 2.34. The molecule has 1 aliphatic heterocycles. The Kier molecular flexibility index (Phi) is 8.72. The van der Waals surface area contributed by atoms with Crippen LogP contribution in [0.4, 0.5) is 0 Å². The van der Waals surface area contributed by atoms with E-state index in [9.17, 15) is 18.3 Å². The van der Waals surface area contributed by atoms with Crippen LogP contribution in [-0.4, -0.2) is 65.1 Å². The Balaban J connectivity index is 1.52. The molecule has 228 valence electrons. The maximum atomic E-state index is 13.9. The molecule has 12 heteroatoms. The van der Waals surface area contributed by atoms with Gasteiger partial charge in [0.25, 0.3) is 0 Å². The molecule has 1 aromatic heterocycles. The second-order valence-electron chi connectivity index (χ2n) is 11.0. The minimum Gasteiger partial charge on any atom is -0.494 e. The summed E-state index contributed by atoms with van der Waals surface area (Å²) < 4.78 is 42.6. The Morgan fingerprint density at radius 1 is 1.19 bits per heavy atom. The number of benzene rings is 3. The highest BCUT2D eigenvalue weighted by atomic mass is 32.2. The van der Waals surface area contributed by atoms with Gasteiger partial charge in [0.05, 0.1) is 20.1 Å². The molecule has 4 aromatic rings. The van der Waals surface area contributed by atoms with Crippen LogP contribution in [0.2, 0.25) is 0 Å². The molecule has 1 aliphatic rings. The Bertz CT molecular complexity index is 1770. The first-order valence-electron chi connectivity index (χ1n) is 14.2. The molecule has 0 saturated carbocycles. The van der Waals surface area contributed by atoms with Crippen LogP contribution in [0.5, 0.6) is 11.5 Å². The van der Waals surface area contributed by atoms with Crippen LogP contribution in [0.3, 0.4) is 0 Å². The second kappa shape index (κ2) is 12.3. The van der Waals surface area contributed by atoms with Crippen molar-refractivity contribution in [2.75, 3.05) is 20.2 Å². The van der Waals surface area contributed by atoms with Gasteiger partial charge in [-0.1, -0.05) is 29.5 Å². The van der Waals surface area contributed by atoms with E-state index >= 15 is 0 Å². The SMILES string of the molecule is COc1cc([C@@H](CC(=O)O)c2ccc(C)c(CN3C[C@@H](C)Oc4cc(CCCN)ccc4S3(=O)=O)c2)cc2nnn(C)c12. The number of rotatable bonds is 10. The zero-order valence-corrected chi connectivity index (χ0v) is 25.6. The first-order chi connectivity index (χ1) is 20.5. The molecule has 0 saturated heterocycles. The fourth-order valence-corrected chi connectivity index (χ4v) is 7.24. The molecule has 2 heterocycles. The number of carbonyl (C=O) groups is 1. The van der Waals surface area contributed by atoms with E-state index < -0.39 is 21.9 Å². The van der Waals surface area contributed by atoms with E-state index in [1.165, 1.54) is 4.31 Å². The summed E-state index contributed by atoms with van der Waals surface area (Å²) >= 11 is 0. The average Bonchev–Trinajstić information content (AvgIpc) is 3.31. The van der Waals surface area contributed by atoms with Gasteiger partial charge in [0, 0.05) is 19.5 Å². The molecule has 3 N–H and O–H groups in total. The average molecular weight is 608 g/mol. The number of nitrogens with zero attached hydrogens (tertiary/aromatic N) is 4. The van der Waals surface area contributed by atoms with E-state index in [0.717, 1.165) is 35.1 Å². The summed E-state index contributed by atoms with van der Waals surface area (Å²) in [6.45, 7) is 4.59. The molecule has 2 atom stereocenters. The van der Waals surface area contributed by atoms with Crippen molar-refractivity contribution in [1.29, 1.82) is 0 Å². The van der Waals surface area contributed by atoms with Crippen LogP contribution in [0.1, 0.15) is 53.5 Å². The summed E-state index contributed by atoms with van der Waals surface area (Å²) in [6.07, 6.45) is 0.981. The highest BCUT2D eigenvalue weighted by Crippen LogP contribution is 2.37. The molecule has 0 spiro atoms. The van der Waals surface area contributed by atoms with E-state index in [1.54, 1.807) is 31.0 Å². The lowest BCUT2D eigenvalue weighted by Gasteiger charge is -2.24. The van der Waals surface area contributed by atoms with Crippen LogP contribution in [0.25, 0.3) is 11.0 Å². The fourth-order valence-electron chi connectivity index (χ4n) is 5.65. The zero-order valence-electron chi connectivity index (χ0n) is 24.8. The fraction of sp³-hybridized carbons (Fsp3) is 0.387. The smallest absolute Gasteiger partial charge is 0.304 e.